The lowest BCUT2D eigenvalue weighted by molar-refractivity contribution is 0.265. The Hall–Kier alpha value is -2.47. The number of rotatable bonds is 4. The van der Waals surface area contributed by atoms with Gasteiger partial charge in [-0.2, -0.15) is 5.10 Å². The van der Waals surface area contributed by atoms with E-state index in [1.165, 1.54) is 12.1 Å². The van der Waals surface area contributed by atoms with Crippen molar-refractivity contribution in [3.8, 4) is 5.69 Å². The number of aliphatic hydroxyl groups is 1. The number of hydrogen-bond donors (Lipinski definition) is 1. The third kappa shape index (κ3) is 2.65. The normalized spacial score (nSPS) is 11.1. The van der Waals surface area contributed by atoms with Crippen LogP contribution in [-0.2, 0) is 13.2 Å². The van der Waals surface area contributed by atoms with E-state index in [9.17, 15) is 9.50 Å². The predicted molar refractivity (Wildman–Crippen MR) is 80.2 cm³/mol. The second-order valence-corrected chi connectivity index (χ2v) is 5.17. The Morgan fingerprint density at radius 2 is 1.86 bits per heavy atom. The molecule has 0 unspecified atom stereocenters. The maximum Gasteiger partial charge on any atom is 0.135 e. The van der Waals surface area contributed by atoms with E-state index < -0.39 is 0 Å². The Bertz CT molecular complexity index is 789. The average Bonchev–Trinajstić information content (AvgIpc) is 3.08. The van der Waals surface area contributed by atoms with Gasteiger partial charge in [-0.05, 0) is 44.2 Å². The van der Waals surface area contributed by atoms with E-state index in [-0.39, 0.29) is 12.4 Å². The monoisotopic (exact) mass is 300 g/mol. The van der Waals surface area contributed by atoms with Crippen LogP contribution in [0.1, 0.15) is 22.9 Å². The third-order valence-electron chi connectivity index (χ3n) is 3.73. The first-order valence-corrected chi connectivity index (χ1v) is 7.02. The van der Waals surface area contributed by atoms with Crippen LogP contribution in [0.25, 0.3) is 5.69 Å². The molecule has 0 radical (unpaired) electrons. The highest BCUT2D eigenvalue weighted by atomic mass is 19.1. The fourth-order valence-corrected chi connectivity index (χ4v) is 2.40. The van der Waals surface area contributed by atoms with Gasteiger partial charge in [0.1, 0.15) is 18.2 Å². The van der Waals surface area contributed by atoms with Crippen LogP contribution < -0.4 is 0 Å². The van der Waals surface area contributed by atoms with E-state index >= 15 is 0 Å². The molecule has 3 rings (SSSR count). The van der Waals surface area contributed by atoms with Crippen LogP contribution in [0.2, 0.25) is 0 Å². The van der Waals surface area contributed by atoms with Crippen LogP contribution in [0.5, 0.6) is 0 Å². The van der Waals surface area contributed by atoms with Crippen molar-refractivity contribution in [2.45, 2.75) is 27.0 Å². The van der Waals surface area contributed by atoms with Gasteiger partial charge in [-0.1, -0.05) is 0 Å². The van der Waals surface area contributed by atoms with E-state index in [1.807, 2.05) is 30.7 Å². The van der Waals surface area contributed by atoms with Gasteiger partial charge < -0.3 is 9.67 Å². The molecule has 1 aromatic carbocycles. The maximum atomic E-state index is 13.0. The Labute approximate surface area is 127 Å². The quantitative estimate of drug-likeness (QED) is 0.805. The lowest BCUT2D eigenvalue weighted by Crippen LogP contribution is -2.08. The van der Waals surface area contributed by atoms with Crippen LogP contribution in [0, 0.1) is 19.7 Å². The average molecular weight is 300 g/mol. The molecule has 5 nitrogen and oxygen atoms in total. The molecule has 0 bridgehead atoms. The van der Waals surface area contributed by atoms with E-state index in [4.69, 9.17) is 0 Å². The first kappa shape index (κ1) is 14.5. The van der Waals surface area contributed by atoms with Gasteiger partial charge >= 0.3 is 0 Å². The number of benzene rings is 1. The molecule has 1 N–H and O–H groups in total. The summed E-state index contributed by atoms with van der Waals surface area (Å²) < 4.78 is 16.6. The molecule has 0 atom stereocenters. The number of nitrogens with zero attached hydrogens (tertiary/aromatic N) is 4. The first-order chi connectivity index (χ1) is 10.6. The van der Waals surface area contributed by atoms with E-state index in [0.29, 0.717) is 12.4 Å². The molecule has 0 saturated heterocycles. The lowest BCUT2D eigenvalue weighted by atomic mass is 10.3. The van der Waals surface area contributed by atoms with Gasteiger partial charge in [0.2, 0.25) is 0 Å². The van der Waals surface area contributed by atoms with Gasteiger partial charge in [0.05, 0.1) is 23.6 Å². The van der Waals surface area contributed by atoms with Crippen molar-refractivity contribution in [3.05, 3.63) is 65.3 Å². The maximum absolute atomic E-state index is 13.0. The minimum Gasteiger partial charge on any atom is -0.388 e. The molecule has 0 aliphatic heterocycles. The molecule has 0 aliphatic rings. The zero-order chi connectivity index (χ0) is 15.7. The number of aromatic nitrogens is 4. The van der Waals surface area contributed by atoms with Crippen molar-refractivity contribution in [3.63, 3.8) is 0 Å². The highest BCUT2D eigenvalue weighted by Crippen LogP contribution is 2.14. The molecule has 114 valence electrons. The topological polar surface area (TPSA) is 55.9 Å². The van der Waals surface area contributed by atoms with E-state index in [2.05, 4.69) is 10.1 Å². The van der Waals surface area contributed by atoms with Crippen LogP contribution in [0.3, 0.4) is 0 Å². The summed E-state index contributed by atoms with van der Waals surface area (Å²) in [6.45, 7) is 4.32. The fraction of sp³-hybridized carbons (Fsp3) is 0.250. The van der Waals surface area contributed by atoms with Crippen LogP contribution in [0.4, 0.5) is 4.39 Å². The number of hydrogen-bond acceptors (Lipinski definition) is 3. The first-order valence-electron chi connectivity index (χ1n) is 7.02. The van der Waals surface area contributed by atoms with Gasteiger partial charge in [0.15, 0.2) is 0 Å². The summed E-state index contributed by atoms with van der Waals surface area (Å²) in [5.41, 5.74) is 3.57. The highest BCUT2D eigenvalue weighted by molar-refractivity contribution is 5.31. The summed E-state index contributed by atoms with van der Waals surface area (Å²) in [4.78, 5) is 4.34. The number of aliphatic hydroxyl groups excluding tert-OH is 1. The summed E-state index contributed by atoms with van der Waals surface area (Å²) in [6, 6.07) is 8.07. The molecule has 2 aromatic heterocycles. The summed E-state index contributed by atoms with van der Waals surface area (Å²) in [5, 5.41) is 13.9. The molecule has 0 fully saturated rings. The number of halogens is 1. The van der Waals surface area contributed by atoms with Crippen LogP contribution in [-0.4, -0.2) is 24.4 Å². The molecule has 6 heteroatoms. The second kappa shape index (κ2) is 5.73. The molecular weight excluding hydrogens is 283 g/mol. The summed E-state index contributed by atoms with van der Waals surface area (Å²) >= 11 is 0. The van der Waals surface area contributed by atoms with Crippen molar-refractivity contribution < 1.29 is 9.50 Å². The number of imidazole rings is 1. The smallest absolute Gasteiger partial charge is 0.135 e. The molecule has 0 aliphatic carbocycles. The summed E-state index contributed by atoms with van der Waals surface area (Å²) in [7, 11) is 0. The number of aryl methyl sites for hydroxylation is 1. The molecular formula is C16H17FN4O. The van der Waals surface area contributed by atoms with Gasteiger partial charge in [0.25, 0.3) is 0 Å². The largest absolute Gasteiger partial charge is 0.388 e. The lowest BCUT2D eigenvalue weighted by Gasteiger charge is -2.07. The van der Waals surface area contributed by atoms with Crippen molar-refractivity contribution in [1.29, 1.82) is 0 Å². The van der Waals surface area contributed by atoms with Crippen LogP contribution in [0.15, 0.2) is 36.5 Å². The van der Waals surface area contributed by atoms with Crippen molar-refractivity contribution in [2.75, 3.05) is 0 Å². The van der Waals surface area contributed by atoms with Crippen molar-refractivity contribution >= 4 is 0 Å². The zero-order valence-electron chi connectivity index (χ0n) is 12.5. The van der Waals surface area contributed by atoms with Crippen molar-refractivity contribution in [1.82, 2.24) is 19.3 Å². The Morgan fingerprint density at radius 1 is 1.14 bits per heavy atom. The zero-order valence-corrected chi connectivity index (χ0v) is 12.5. The third-order valence-corrected chi connectivity index (χ3v) is 3.73. The summed E-state index contributed by atoms with van der Waals surface area (Å²) in [5.74, 6) is 0.361. The molecule has 2 heterocycles. The SMILES string of the molecule is Cc1nc(CO)n(Cc2ccn(-c3ccc(F)cc3)n2)c1C. The Balaban J connectivity index is 1.87. The minimum absolute atomic E-state index is 0.104. The van der Waals surface area contributed by atoms with Crippen LogP contribution >= 0.6 is 0 Å². The Kier molecular flexibility index (Phi) is 3.77. The highest BCUT2D eigenvalue weighted by Gasteiger charge is 2.12. The van der Waals surface area contributed by atoms with Gasteiger partial charge in [0, 0.05) is 11.9 Å². The molecule has 22 heavy (non-hydrogen) atoms. The van der Waals surface area contributed by atoms with E-state index in [0.717, 1.165) is 22.8 Å². The van der Waals surface area contributed by atoms with Gasteiger partial charge in [-0.15, -0.1) is 0 Å². The van der Waals surface area contributed by atoms with Gasteiger partial charge in [-0.3, -0.25) is 0 Å². The molecule has 0 amide bonds. The van der Waals surface area contributed by atoms with Crippen molar-refractivity contribution in [2.24, 2.45) is 0 Å². The minimum atomic E-state index is -0.270. The van der Waals surface area contributed by atoms with E-state index in [1.54, 1.807) is 16.8 Å². The van der Waals surface area contributed by atoms with Gasteiger partial charge in [-0.25, -0.2) is 14.1 Å². The molecule has 0 spiro atoms. The fourth-order valence-electron chi connectivity index (χ4n) is 2.40. The molecule has 3 aromatic rings. The standard InChI is InChI=1S/C16H17FN4O/c1-11-12(2)20(16(10-22)18-11)9-14-7-8-21(19-14)15-5-3-13(17)4-6-15/h3-8,22H,9-10H2,1-2H3. The molecule has 0 saturated carbocycles. The Morgan fingerprint density at radius 3 is 2.55 bits per heavy atom. The summed E-state index contributed by atoms with van der Waals surface area (Å²) in [6.07, 6.45) is 1.83. The predicted octanol–water partition coefficient (Wildman–Crippen LogP) is 2.37. The second-order valence-electron chi connectivity index (χ2n) is 5.17.